The van der Waals surface area contributed by atoms with Gasteiger partial charge in [-0.25, -0.2) is 0 Å². The lowest BCUT2D eigenvalue weighted by molar-refractivity contribution is 0.210. The number of hydrogen-bond donors (Lipinski definition) is 1. The van der Waals surface area contributed by atoms with Crippen LogP contribution in [-0.2, 0) is 6.54 Å². The summed E-state index contributed by atoms with van der Waals surface area (Å²) in [7, 11) is 2.14. The molecule has 0 amide bonds. The first-order chi connectivity index (χ1) is 10.1. The maximum absolute atomic E-state index is 10.2. The van der Waals surface area contributed by atoms with Crippen LogP contribution in [-0.4, -0.2) is 48.1 Å². The number of halogens is 3. The monoisotopic (exact) mass is 474 g/mol. The van der Waals surface area contributed by atoms with Crippen molar-refractivity contribution in [2.75, 3.05) is 33.2 Å². The van der Waals surface area contributed by atoms with Crippen LogP contribution >= 0.6 is 47.4 Å². The van der Waals surface area contributed by atoms with Crippen molar-refractivity contribution in [2.45, 2.75) is 39.2 Å². The van der Waals surface area contributed by atoms with Crippen molar-refractivity contribution < 1.29 is 5.11 Å². The maximum Gasteiger partial charge on any atom is 0.123 e. The zero-order valence-electron chi connectivity index (χ0n) is 14.1. The van der Waals surface area contributed by atoms with Crippen molar-refractivity contribution in [3.63, 3.8) is 0 Å². The Labute approximate surface area is 166 Å². The Morgan fingerprint density at radius 3 is 2.48 bits per heavy atom. The normalized spacial score (nSPS) is 15.1. The van der Waals surface area contributed by atoms with E-state index in [0.717, 1.165) is 24.2 Å². The number of phenols is 1. The van der Waals surface area contributed by atoms with Gasteiger partial charge in [-0.1, -0.05) is 6.42 Å². The fourth-order valence-electron chi connectivity index (χ4n) is 3.04. The van der Waals surface area contributed by atoms with Crippen molar-refractivity contribution in [3.8, 4) is 5.75 Å². The fourth-order valence-corrected chi connectivity index (χ4v) is 3.89. The van der Waals surface area contributed by atoms with Gasteiger partial charge >= 0.3 is 0 Å². The number of rotatable bonds is 6. The zero-order valence-corrected chi connectivity index (χ0v) is 17.8. The first-order valence-corrected chi connectivity index (χ1v) is 9.03. The van der Waals surface area contributed by atoms with Gasteiger partial charge in [0.1, 0.15) is 5.75 Å². The van der Waals surface area contributed by atoms with Crippen molar-refractivity contribution in [2.24, 2.45) is 0 Å². The molecule has 2 rings (SSSR count). The molecular formula is C17H29Cl2IN2O. The number of phenolic OH excluding ortho intramolecular Hbond substituents is 1. The van der Waals surface area contributed by atoms with Gasteiger partial charge in [-0.05, 0) is 99.7 Å². The molecule has 1 N–H and O–H groups in total. The molecule has 3 nitrogen and oxygen atoms in total. The largest absolute Gasteiger partial charge is 0.507 e. The topological polar surface area (TPSA) is 26.7 Å². The number of benzene rings is 1. The third-order valence-electron chi connectivity index (χ3n) is 4.25. The number of piperidine rings is 1. The second-order valence-corrected chi connectivity index (χ2v) is 7.47. The molecule has 0 aliphatic carbocycles. The first-order valence-electron chi connectivity index (χ1n) is 7.95. The lowest BCUT2D eigenvalue weighted by atomic mass is 10.1. The Balaban J connectivity index is 0.00000242. The molecule has 1 heterocycles. The minimum absolute atomic E-state index is 0. The molecule has 0 spiro atoms. The van der Waals surface area contributed by atoms with Crippen molar-refractivity contribution in [1.82, 2.24) is 9.80 Å². The van der Waals surface area contributed by atoms with Gasteiger partial charge in [0.2, 0.25) is 0 Å². The van der Waals surface area contributed by atoms with Gasteiger partial charge in [-0.15, -0.1) is 24.8 Å². The Hall–Kier alpha value is 0.250. The Kier molecular flexibility index (Phi) is 11.9. The average Bonchev–Trinajstić information content (AvgIpc) is 2.45. The molecule has 1 aromatic rings. The predicted molar refractivity (Wildman–Crippen MR) is 111 cm³/mol. The van der Waals surface area contributed by atoms with Crippen LogP contribution in [0.15, 0.2) is 12.1 Å². The molecule has 0 unspecified atom stereocenters. The van der Waals surface area contributed by atoms with Gasteiger partial charge in [0.25, 0.3) is 0 Å². The van der Waals surface area contributed by atoms with Gasteiger partial charge in [-0.2, -0.15) is 0 Å². The summed E-state index contributed by atoms with van der Waals surface area (Å²) in [4.78, 5) is 4.90. The SMILES string of the molecule is Cc1cc(I)cc(CN(C)CCCN2CCCCC2)c1O.Cl.Cl. The molecule has 1 fully saturated rings. The Bertz CT molecular complexity index is 468. The van der Waals surface area contributed by atoms with Crippen LogP contribution < -0.4 is 0 Å². The van der Waals surface area contributed by atoms with Gasteiger partial charge in [-0.3, -0.25) is 0 Å². The summed E-state index contributed by atoms with van der Waals surface area (Å²) < 4.78 is 1.19. The summed E-state index contributed by atoms with van der Waals surface area (Å²) in [6.07, 6.45) is 5.35. The van der Waals surface area contributed by atoms with Crippen LogP contribution in [0.25, 0.3) is 0 Å². The second kappa shape index (κ2) is 11.7. The summed E-state index contributed by atoms with van der Waals surface area (Å²) in [5, 5.41) is 10.2. The number of nitrogens with zero attached hydrogens (tertiary/aromatic N) is 2. The number of hydrogen-bond acceptors (Lipinski definition) is 3. The Morgan fingerprint density at radius 1 is 1.17 bits per heavy atom. The highest BCUT2D eigenvalue weighted by atomic mass is 127. The summed E-state index contributed by atoms with van der Waals surface area (Å²) in [5.74, 6) is 0.457. The first kappa shape index (κ1) is 23.2. The molecule has 1 aromatic carbocycles. The highest BCUT2D eigenvalue weighted by Crippen LogP contribution is 2.25. The molecule has 1 aliphatic rings. The van der Waals surface area contributed by atoms with Crippen molar-refractivity contribution in [3.05, 3.63) is 26.8 Å². The van der Waals surface area contributed by atoms with E-state index in [-0.39, 0.29) is 24.8 Å². The maximum atomic E-state index is 10.2. The third kappa shape index (κ3) is 7.78. The van der Waals surface area contributed by atoms with E-state index >= 15 is 0 Å². The predicted octanol–water partition coefficient (Wildman–Crippen LogP) is 4.46. The molecule has 134 valence electrons. The molecule has 23 heavy (non-hydrogen) atoms. The van der Waals surface area contributed by atoms with Crippen LogP contribution in [0.5, 0.6) is 5.75 Å². The van der Waals surface area contributed by atoms with E-state index in [9.17, 15) is 5.11 Å². The lowest BCUT2D eigenvalue weighted by Gasteiger charge is -2.27. The van der Waals surface area contributed by atoms with Crippen molar-refractivity contribution >= 4 is 47.4 Å². The summed E-state index contributed by atoms with van der Waals surface area (Å²) in [6.45, 7) is 7.64. The van der Waals surface area contributed by atoms with Crippen molar-refractivity contribution in [1.29, 1.82) is 0 Å². The minimum atomic E-state index is 0. The summed E-state index contributed by atoms with van der Waals surface area (Å²) in [5.41, 5.74) is 2.01. The number of likely N-dealkylation sites (tertiary alicyclic amines) is 1. The van der Waals surface area contributed by atoms with Crippen LogP contribution in [0, 0.1) is 10.5 Å². The number of aryl methyl sites for hydroxylation is 1. The van der Waals surface area contributed by atoms with E-state index < -0.39 is 0 Å². The minimum Gasteiger partial charge on any atom is -0.507 e. The third-order valence-corrected chi connectivity index (χ3v) is 4.87. The highest BCUT2D eigenvalue weighted by Gasteiger charge is 2.11. The van der Waals surface area contributed by atoms with Gasteiger partial charge in [0.05, 0.1) is 0 Å². The van der Waals surface area contributed by atoms with Gasteiger partial charge in [0.15, 0.2) is 0 Å². The molecule has 0 saturated carbocycles. The van der Waals surface area contributed by atoms with Crippen LogP contribution in [0.4, 0.5) is 0 Å². The van der Waals surface area contributed by atoms with E-state index in [1.807, 2.05) is 13.0 Å². The van der Waals surface area contributed by atoms with Crippen LogP contribution in [0.1, 0.15) is 36.8 Å². The van der Waals surface area contributed by atoms with Gasteiger partial charge in [0, 0.05) is 15.7 Å². The molecule has 0 bridgehead atoms. The summed E-state index contributed by atoms with van der Waals surface area (Å²) >= 11 is 2.32. The molecule has 0 aromatic heterocycles. The van der Waals surface area contributed by atoms with E-state index in [2.05, 4.69) is 45.5 Å². The summed E-state index contributed by atoms with van der Waals surface area (Å²) in [6, 6.07) is 4.11. The van der Waals surface area contributed by atoms with Crippen LogP contribution in [0.3, 0.4) is 0 Å². The quantitative estimate of drug-likeness (QED) is 0.616. The van der Waals surface area contributed by atoms with E-state index in [4.69, 9.17) is 0 Å². The number of aromatic hydroxyl groups is 1. The van der Waals surface area contributed by atoms with Crippen LogP contribution in [0.2, 0.25) is 0 Å². The Morgan fingerprint density at radius 2 is 1.83 bits per heavy atom. The molecule has 1 saturated heterocycles. The second-order valence-electron chi connectivity index (χ2n) is 6.22. The fraction of sp³-hybridized carbons (Fsp3) is 0.647. The molecule has 6 heteroatoms. The average molecular weight is 475 g/mol. The lowest BCUT2D eigenvalue weighted by Crippen LogP contribution is -2.32. The zero-order chi connectivity index (χ0) is 15.2. The van der Waals surface area contributed by atoms with E-state index in [1.54, 1.807) is 0 Å². The van der Waals surface area contributed by atoms with E-state index in [1.165, 1.54) is 48.9 Å². The molecule has 0 atom stereocenters. The highest BCUT2D eigenvalue weighted by molar-refractivity contribution is 14.1. The smallest absolute Gasteiger partial charge is 0.123 e. The molecule has 0 radical (unpaired) electrons. The standard InChI is InChI=1S/C17H27IN2O.2ClH/c1-14-11-16(18)12-15(17(14)21)13-19(2)7-6-10-20-8-4-3-5-9-20;;/h11-12,21H,3-10,13H2,1-2H3;2*1H. The molecular weight excluding hydrogens is 446 g/mol. The van der Waals surface area contributed by atoms with Gasteiger partial charge < -0.3 is 14.9 Å². The van der Waals surface area contributed by atoms with E-state index in [0.29, 0.717) is 5.75 Å². The molecule has 1 aliphatic heterocycles.